The predicted octanol–water partition coefficient (Wildman–Crippen LogP) is 1.23. The van der Waals surface area contributed by atoms with Gasteiger partial charge in [-0.15, -0.1) is 10.2 Å². The first-order valence-electron chi connectivity index (χ1n) is 8.88. The smallest absolute Gasteiger partial charge is 0.218 e. The van der Waals surface area contributed by atoms with Crippen LogP contribution in [0.1, 0.15) is 36.0 Å². The van der Waals surface area contributed by atoms with Gasteiger partial charge in [-0.3, -0.25) is 0 Å². The second-order valence-electron chi connectivity index (χ2n) is 6.86. The Morgan fingerprint density at radius 1 is 1.12 bits per heavy atom. The maximum Gasteiger partial charge on any atom is 0.218 e. The van der Waals surface area contributed by atoms with Crippen molar-refractivity contribution in [2.75, 3.05) is 19.6 Å². The molecular weight excluding hydrogens is 357 g/mol. The van der Waals surface area contributed by atoms with Crippen molar-refractivity contribution in [3.8, 4) is 0 Å². The highest BCUT2D eigenvalue weighted by Gasteiger charge is 2.31. The van der Waals surface area contributed by atoms with Gasteiger partial charge in [0.1, 0.15) is 17.5 Å². The van der Waals surface area contributed by atoms with Crippen molar-refractivity contribution >= 4 is 10.0 Å². The maximum atomic E-state index is 13.0. The number of piperidine rings is 1. The summed E-state index contributed by atoms with van der Waals surface area (Å²) in [7, 11) is -3.40. The molecule has 0 spiro atoms. The number of sulfonamides is 1. The molecule has 0 amide bonds. The van der Waals surface area contributed by atoms with Crippen molar-refractivity contribution < 1.29 is 12.8 Å². The number of hydrogen-bond donors (Lipinski definition) is 1. The molecule has 2 aromatic rings. The summed E-state index contributed by atoms with van der Waals surface area (Å²) in [4.78, 5) is 0. The van der Waals surface area contributed by atoms with Gasteiger partial charge in [0.25, 0.3) is 0 Å². The first kappa shape index (κ1) is 17.6. The number of hydrogen-bond acceptors (Lipinski definition) is 5. The lowest BCUT2D eigenvalue weighted by atomic mass is 9.97. The molecule has 26 heavy (non-hydrogen) atoms. The van der Waals surface area contributed by atoms with Crippen molar-refractivity contribution in [2.24, 2.45) is 0 Å². The number of halogens is 1. The summed E-state index contributed by atoms with van der Waals surface area (Å²) in [6.07, 6.45) is 1.49. The molecule has 1 aromatic carbocycles. The fourth-order valence-electron chi connectivity index (χ4n) is 3.69. The summed E-state index contributed by atoms with van der Waals surface area (Å²) in [6, 6.07) is 5.63. The molecule has 0 atom stereocenters. The molecule has 2 aliphatic heterocycles. The highest BCUT2D eigenvalue weighted by molar-refractivity contribution is 7.88. The molecule has 3 heterocycles. The van der Waals surface area contributed by atoms with E-state index in [-0.39, 0.29) is 17.5 Å². The van der Waals surface area contributed by atoms with Crippen LogP contribution < -0.4 is 5.32 Å². The molecule has 2 aliphatic rings. The molecule has 0 radical (unpaired) electrons. The van der Waals surface area contributed by atoms with Gasteiger partial charge in [-0.1, -0.05) is 12.1 Å². The van der Waals surface area contributed by atoms with E-state index in [4.69, 9.17) is 0 Å². The number of nitrogens with one attached hydrogen (secondary N) is 1. The zero-order valence-electron chi connectivity index (χ0n) is 14.4. The van der Waals surface area contributed by atoms with Crippen LogP contribution in [0.2, 0.25) is 0 Å². The van der Waals surface area contributed by atoms with Crippen LogP contribution in [0.15, 0.2) is 24.3 Å². The maximum absolute atomic E-state index is 13.0. The van der Waals surface area contributed by atoms with Gasteiger partial charge in [0.15, 0.2) is 0 Å². The van der Waals surface area contributed by atoms with Crippen LogP contribution >= 0.6 is 0 Å². The molecule has 9 heteroatoms. The SMILES string of the molecule is O=S(=O)(Cc1ccc(F)cc1)N1CCC(c2nnc3n2CCNC3)CC1. The van der Waals surface area contributed by atoms with Gasteiger partial charge in [-0.05, 0) is 30.5 Å². The summed E-state index contributed by atoms with van der Waals surface area (Å²) < 4.78 is 42.0. The minimum Gasteiger partial charge on any atom is -0.312 e. The van der Waals surface area contributed by atoms with Crippen LogP contribution in [0, 0.1) is 5.82 Å². The third-order valence-corrected chi connectivity index (χ3v) is 6.98. The van der Waals surface area contributed by atoms with Crippen molar-refractivity contribution in [3.63, 3.8) is 0 Å². The molecule has 0 saturated carbocycles. The lowest BCUT2D eigenvalue weighted by molar-refractivity contribution is 0.306. The largest absolute Gasteiger partial charge is 0.312 e. The van der Waals surface area contributed by atoms with Gasteiger partial charge in [0, 0.05) is 32.1 Å². The predicted molar refractivity (Wildman–Crippen MR) is 94.3 cm³/mol. The van der Waals surface area contributed by atoms with Gasteiger partial charge in [0.2, 0.25) is 10.0 Å². The van der Waals surface area contributed by atoms with Crippen LogP contribution in [0.3, 0.4) is 0 Å². The van der Waals surface area contributed by atoms with Gasteiger partial charge >= 0.3 is 0 Å². The molecule has 1 N–H and O–H groups in total. The quantitative estimate of drug-likeness (QED) is 0.864. The number of nitrogens with zero attached hydrogens (tertiary/aromatic N) is 4. The van der Waals surface area contributed by atoms with Crippen molar-refractivity contribution in [3.05, 3.63) is 47.3 Å². The Hall–Kier alpha value is -1.84. The van der Waals surface area contributed by atoms with E-state index >= 15 is 0 Å². The molecule has 1 fully saturated rings. The van der Waals surface area contributed by atoms with E-state index in [0.717, 1.165) is 44.1 Å². The molecule has 7 nitrogen and oxygen atoms in total. The molecule has 4 rings (SSSR count). The summed E-state index contributed by atoms with van der Waals surface area (Å²) in [5.74, 6) is 1.73. The standard InChI is InChI=1S/C17H22FN5O2S/c18-15-3-1-13(2-4-15)12-26(24,25)22-8-5-14(6-9-22)17-21-20-16-11-19-7-10-23(16)17/h1-4,14,19H,5-12H2. The monoisotopic (exact) mass is 379 g/mol. The van der Waals surface area contributed by atoms with E-state index in [0.29, 0.717) is 18.7 Å². The summed E-state index contributed by atoms with van der Waals surface area (Å²) in [5, 5.41) is 11.9. The molecular formula is C17H22FN5O2S. The summed E-state index contributed by atoms with van der Waals surface area (Å²) >= 11 is 0. The summed E-state index contributed by atoms with van der Waals surface area (Å²) in [5.41, 5.74) is 0.604. The molecule has 0 aliphatic carbocycles. The first-order valence-corrected chi connectivity index (χ1v) is 10.5. The minimum atomic E-state index is -3.40. The first-order chi connectivity index (χ1) is 12.5. The number of benzene rings is 1. The van der Waals surface area contributed by atoms with E-state index in [1.165, 1.54) is 24.3 Å². The second-order valence-corrected chi connectivity index (χ2v) is 8.83. The Balaban J connectivity index is 1.41. The molecule has 1 saturated heterocycles. The van der Waals surface area contributed by atoms with Gasteiger partial charge in [-0.2, -0.15) is 0 Å². The molecule has 140 valence electrons. The number of fused-ring (bicyclic) bond motifs is 1. The van der Waals surface area contributed by atoms with Crippen molar-refractivity contribution in [2.45, 2.75) is 37.6 Å². The third kappa shape index (κ3) is 3.51. The third-order valence-electron chi connectivity index (χ3n) is 5.13. The number of aromatic nitrogens is 3. The van der Waals surface area contributed by atoms with Crippen molar-refractivity contribution in [1.82, 2.24) is 24.4 Å². The Morgan fingerprint density at radius 2 is 1.85 bits per heavy atom. The van der Waals surface area contributed by atoms with E-state index < -0.39 is 10.0 Å². The molecule has 1 aromatic heterocycles. The normalized spacial score (nSPS) is 19.4. The summed E-state index contributed by atoms with van der Waals surface area (Å²) in [6.45, 7) is 3.46. The Morgan fingerprint density at radius 3 is 2.58 bits per heavy atom. The van der Waals surface area contributed by atoms with Gasteiger partial charge in [-0.25, -0.2) is 17.1 Å². The average Bonchev–Trinajstić information content (AvgIpc) is 3.08. The van der Waals surface area contributed by atoms with Crippen LogP contribution in [0.5, 0.6) is 0 Å². The fourth-order valence-corrected chi connectivity index (χ4v) is 5.25. The Kier molecular flexibility index (Phi) is 4.76. The van der Waals surface area contributed by atoms with Crippen LogP contribution in [0.25, 0.3) is 0 Å². The minimum absolute atomic E-state index is 0.0933. The van der Waals surface area contributed by atoms with Crippen LogP contribution in [-0.2, 0) is 28.9 Å². The van der Waals surface area contributed by atoms with E-state index in [9.17, 15) is 12.8 Å². The van der Waals surface area contributed by atoms with Gasteiger partial charge in [0.05, 0.1) is 12.3 Å². The zero-order valence-corrected chi connectivity index (χ0v) is 15.3. The molecule has 0 bridgehead atoms. The topological polar surface area (TPSA) is 80.1 Å². The number of rotatable bonds is 4. The van der Waals surface area contributed by atoms with E-state index in [2.05, 4.69) is 20.1 Å². The van der Waals surface area contributed by atoms with E-state index in [1.807, 2.05) is 0 Å². The van der Waals surface area contributed by atoms with Crippen molar-refractivity contribution in [1.29, 1.82) is 0 Å². The van der Waals surface area contributed by atoms with Crippen LogP contribution in [0.4, 0.5) is 4.39 Å². The Labute approximate surface area is 152 Å². The van der Waals surface area contributed by atoms with Gasteiger partial charge < -0.3 is 9.88 Å². The lowest BCUT2D eigenvalue weighted by Gasteiger charge is -2.31. The Bertz CT molecular complexity index is 873. The molecule has 0 unspecified atom stereocenters. The average molecular weight is 379 g/mol. The fraction of sp³-hybridized carbons (Fsp3) is 0.529. The second kappa shape index (κ2) is 7.05. The van der Waals surface area contributed by atoms with Crippen LogP contribution in [-0.4, -0.2) is 47.1 Å². The zero-order chi connectivity index (χ0) is 18.1. The highest BCUT2D eigenvalue weighted by Crippen LogP contribution is 2.29. The lowest BCUT2D eigenvalue weighted by Crippen LogP contribution is -2.39. The highest BCUT2D eigenvalue weighted by atomic mass is 32.2. The van der Waals surface area contributed by atoms with E-state index in [1.54, 1.807) is 4.31 Å².